The third-order valence-electron chi connectivity index (χ3n) is 3.75. The van der Waals surface area contributed by atoms with Crippen LogP contribution in [0.2, 0.25) is 0 Å². The number of carbonyl (C=O) groups excluding carboxylic acids is 1. The Morgan fingerprint density at radius 3 is 2.29 bits per heavy atom. The number of benzene rings is 1. The number of aromatic nitrogens is 1. The van der Waals surface area contributed by atoms with Gasteiger partial charge in [-0.1, -0.05) is 30.3 Å². The highest BCUT2D eigenvalue weighted by Crippen LogP contribution is 2.23. The lowest BCUT2D eigenvalue weighted by Crippen LogP contribution is -2.38. The fourth-order valence-corrected chi connectivity index (χ4v) is 2.40. The topological polar surface area (TPSA) is 65.2 Å². The Kier molecular flexibility index (Phi) is 9.27. The third kappa shape index (κ3) is 9.79. The van der Waals surface area contributed by atoms with Crippen LogP contribution in [0.5, 0.6) is 5.75 Å². The zero-order valence-corrected chi connectivity index (χ0v) is 15.8. The first kappa shape index (κ1) is 23.3. The molecule has 0 bridgehead atoms. The smallest absolute Gasteiger partial charge is 0.501 e. The minimum atomic E-state index is -6.00. The molecule has 3 N–H and O–H groups in total. The second-order valence-electron chi connectivity index (χ2n) is 6.00. The van der Waals surface area contributed by atoms with Gasteiger partial charge in [0.15, 0.2) is 12.7 Å². The molecule has 5 nitrogen and oxygen atoms in total. The molecule has 0 saturated heterocycles. The molecule has 154 valence electrons. The summed E-state index contributed by atoms with van der Waals surface area (Å²) >= 11 is 0. The van der Waals surface area contributed by atoms with Gasteiger partial charge >= 0.3 is 7.25 Å². The van der Waals surface area contributed by atoms with E-state index in [0.29, 0.717) is 18.8 Å². The van der Waals surface area contributed by atoms with Crippen LogP contribution in [0.4, 0.5) is 23.0 Å². The Bertz CT molecular complexity index is 752. The number of nitrogens with zero attached hydrogens (tertiary/aromatic N) is 1. The maximum absolute atomic E-state index is 10.8. The van der Waals surface area contributed by atoms with Gasteiger partial charge < -0.3 is 33.0 Å². The van der Waals surface area contributed by atoms with Gasteiger partial charge in [0.25, 0.3) is 0 Å². The van der Waals surface area contributed by atoms with Crippen molar-refractivity contribution >= 4 is 18.8 Å². The summed E-state index contributed by atoms with van der Waals surface area (Å²) in [5.41, 5.74) is 2.78. The second kappa shape index (κ2) is 11.2. The van der Waals surface area contributed by atoms with Crippen molar-refractivity contribution in [1.29, 1.82) is 0 Å². The zero-order valence-electron chi connectivity index (χ0n) is 15.8. The predicted molar refractivity (Wildman–Crippen MR) is 101 cm³/mol. The van der Waals surface area contributed by atoms with Gasteiger partial charge in [-0.25, -0.2) is 0 Å². The first-order valence-corrected chi connectivity index (χ1v) is 8.69. The Hall–Kier alpha value is -2.78. The molecule has 0 atom stereocenters. The Morgan fingerprint density at radius 1 is 1.11 bits per heavy atom. The molecule has 28 heavy (non-hydrogen) atoms. The quantitative estimate of drug-likeness (QED) is 0.289. The standard InChI is InChI=1S/C18H23N3O2.BF4/c1-14-18(23)17(20-11-10-19-15(2)22)9-13-21(14)12-8-16-6-4-3-5-7-16;2-1(3,4)5/h3-7,9,13H,8,10-12H2,1-2H3,(H2,19,22,23);/q;-1/p+1. The summed E-state index contributed by atoms with van der Waals surface area (Å²) < 4.78 is 41.0. The average molecular weight is 401 g/mol. The summed E-state index contributed by atoms with van der Waals surface area (Å²) in [5.74, 6) is 0.197. The Labute approximate surface area is 161 Å². The summed E-state index contributed by atoms with van der Waals surface area (Å²) in [6.07, 6.45) is 2.89. The first-order valence-electron chi connectivity index (χ1n) is 8.69. The van der Waals surface area contributed by atoms with E-state index in [9.17, 15) is 27.2 Å². The molecule has 2 rings (SSSR count). The SMILES string of the molecule is CC(=O)NCCNc1cc[n+](CCc2ccccc2)c(C)c1O.F[B-](F)(F)F. The van der Waals surface area contributed by atoms with Gasteiger partial charge in [-0.15, -0.1) is 0 Å². The summed E-state index contributed by atoms with van der Waals surface area (Å²) in [4.78, 5) is 10.8. The highest BCUT2D eigenvalue weighted by atomic mass is 19.5. The molecule has 10 heteroatoms. The van der Waals surface area contributed by atoms with Crippen LogP contribution in [-0.4, -0.2) is 31.4 Å². The minimum absolute atomic E-state index is 0.0565. The van der Waals surface area contributed by atoms with Crippen molar-refractivity contribution in [3.63, 3.8) is 0 Å². The number of carbonyl (C=O) groups is 1. The monoisotopic (exact) mass is 401 g/mol. The highest BCUT2D eigenvalue weighted by molar-refractivity contribution is 6.50. The number of pyridine rings is 1. The largest absolute Gasteiger partial charge is 0.673 e. The number of anilines is 1. The molecular weight excluding hydrogens is 377 g/mol. The van der Waals surface area contributed by atoms with E-state index in [-0.39, 0.29) is 11.7 Å². The van der Waals surface area contributed by atoms with E-state index in [1.54, 1.807) is 0 Å². The van der Waals surface area contributed by atoms with Crippen molar-refractivity contribution in [1.82, 2.24) is 5.32 Å². The molecule has 1 amide bonds. The van der Waals surface area contributed by atoms with Crippen LogP contribution in [0.1, 0.15) is 18.2 Å². The maximum Gasteiger partial charge on any atom is 0.673 e. The van der Waals surface area contributed by atoms with Crippen molar-refractivity contribution in [2.24, 2.45) is 0 Å². The molecule has 0 spiro atoms. The van der Waals surface area contributed by atoms with E-state index in [2.05, 4.69) is 22.8 Å². The average Bonchev–Trinajstić information content (AvgIpc) is 2.60. The van der Waals surface area contributed by atoms with E-state index < -0.39 is 7.25 Å². The first-order chi connectivity index (χ1) is 13.1. The Balaban J connectivity index is 0.000000696. The molecule has 0 aliphatic rings. The lowest BCUT2D eigenvalue weighted by Gasteiger charge is -2.10. The number of hydrogen-bond donors (Lipinski definition) is 3. The number of hydrogen-bond acceptors (Lipinski definition) is 3. The predicted octanol–water partition coefficient (Wildman–Crippen LogP) is 3.08. The molecule has 1 aromatic heterocycles. The van der Waals surface area contributed by atoms with Gasteiger partial charge in [0.1, 0.15) is 0 Å². The van der Waals surface area contributed by atoms with Gasteiger partial charge in [-0.2, -0.15) is 4.57 Å². The van der Waals surface area contributed by atoms with Crippen LogP contribution in [0.25, 0.3) is 0 Å². The molecule has 0 unspecified atom stereocenters. The molecule has 0 aliphatic carbocycles. The summed E-state index contributed by atoms with van der Waals surface area (Å²) in [6.45, 7) is 5.30. The lowest BCUT2D eigenvalue weighted by atomic mass is 10.1. The summed E-state index contributed by atoms with van der Waals surface area (Å²) in [6, 6.07) is 12.1. The van der Waals surface area contributed by atoms with E-state index in [0.717, 1.165) is 18.7 Å². The molecular formula is C18H24BF4N3O2. The van der Waals surface area contributed by atoms with E-state index >= 15 is 0 Å². The van der Waals surface area contributed by atoms with Crippen molar-refractivity contribution in [2.75, 3.05) is 18.4 Å². The molecule has 2 aromatic rings. The number of aromatic hydroxyl groups is 1. The zero-order chi connectivity index (χ0) is 21.2. The molecule has 0 saturated carbocycles. The molecule has 0 radical (unpaired) electrons. The highest BCUT2D eigenvalue weighted by Gasteiger charge is 2.20. The van der Waals surface area contributed by atoms with Gasteiger partial charge in [0.2, 0.25) is 17.4 Å². The van der Waals surface area contributed by atoms with Crippen LogP contribution < -0.4 is 15.2 Å². The van der Waals surface area contributed by atoms with E-state index in [1.165, 1.54) is 12.5 Å². The van der Waals surface area contributed by atoms with Crippen molar-refractivity contribution in [3.8, 4) is 5.75 Å². The fraction of sp³-hybridized carbons (Fsp3) is 0.333. The van der Waals surface area contributed by atoms with Crippen LogP contribution in [0.15, 0.2) is 42.6 Å². The van der Waals surface area contributed by atoms with E-state index in [1.807, 2.05) is 42.0 Å². The Morgan fingerprint density at radius 2 is 1.71 bits per heavy atom. The van der Waals surface area contributed by atoms with Crippen LogP contribution in [0, 0.1) is 6.92 Å². The normalized spacial score (nSPS) is 10.6. The number of halogens is 4. The van der Waals surface area contributed by atoms with Crippen molar-refractivity contribution in [2.45, 2.75) is 26.8 Å². The second-order valence-corrected chi connectivity index (χ2v) is 6.00. The summed E-state index contributed by atoms with van der Waals surface area (Å²) in [7, 11) is -6.00. The number of nitrogens with one attached hydrogen (secondary N) is 2. The summed E-state index contributed by atoms with van der Waals surface area (Å²) in [5, 5.41) is 16.2. The van der Waals surface area contributed by atoms with Crippen LogP contribution >= 0.6 is 0 Å². The minimum Gasteiger partial charge on any atom is -0.501 e. The third-order valence-corrected chi connectivity index (χ3v) is 3.75. The lowest BCUT2D eigenvalue weighted by molar-refractivity contribution is -0.702. The molecule has 0 aliphatic heterocycles. The molecule has 1 aromatic carbocycles. The van der Waals surface area contributed by atoms with Gasteiger partial charge in [0, 0.05) is 39.4 Å². The number of amides is 1. The van der Waals surface area contributed by atoms with Crippen LogP contribution in [-0.2, 0) is 17.8 Å². The maximum atomic E-state index is 10.8. The van der Waals surface area contributed by atoms with Crippen molar-refractivity contribution < 1.29 is 31.7 Å². The molecule has 0 fully saturated rings. The molecule has 1 heterocycles. The van der Waals surface area contributed by atoms with Gasteiger partial charge in [-0.05, 0) is 5.56 Å². The van der Waals surface area contributed by atoms with Gasteiger partial charge in [-0.3, -0.25) is 4.79 Å². The van der Waals surface area contributed by atoms with Gasteiger partial charge in [0.05, 0.1) is 5.69 Å². The number of aryl methyl sites for hydroxylation is 2. The number of rotatable bonds is 7. The van der Waals surface area contributed by atoms with Crippen LogP contribution in [0.3, 0.4) is 0 Å². The van der Waals surface area contributed by atoms with E-state index in [4.69, 9.17) is 0 Å². The fourth-order valence-electron chi connectivity index (χ4n) is 2.40. The van der Waals surface area contributed by atoms with Crippen molar-refractivity contribution in [3.05, 3.63) is 53.9 Å².